The van der Waals surface area contributed by atoms with Gasteiger partial charge in [0.1, 0.15) is 6.04 Å². The van der Waals surface area contributed by atoms with E-state index < -0.39 is 21.8 Å². The van der Waals surface area contributed by atoms with Crippen molar-refractivity contribution in [3.63, 3.8) is 0 Å². The Balaban J connectivity index is 1.92. The number of hydrogen-bond acceptors (Lipinski definition) is 5. The molecule has 7 nitrogen and oxygen atoms in total. The predicted octanol–water partition coefficient (Wildman–Crippen LogP) is 2.47. The van der Waals surface area contributed by atoms with Gasteiger partial charge < -0.3 is 15.5 Å². The summed E-state index contributed by atoms with van der Waals surface area (Å²) >= 11 is 12.9. The van der Waals surface area contributed by atoms with E-state index >= 15 is 0 Å². The van der Waals surface area contributed by atoms with Crippen molar-refractivity contribution >= 4 is 44.9 Å². The van der Waals surface area contributed by atoms with Crippen molar-refractivity contribution in [1.82, 2.24) is 15.5 Å². The molecule has 0 aromatic heterocycles. The average molecular weight is 498 g/mol. The van der Waals surface area contributed by atoms with E-state index in [0.717, 1.165) is 23.9 Å². The molecule has 172 valence electrons. The molecule has 0 saturated carbocycles. The van der Waals surface area contributed by atoms with Crippen molar-refractivity contribution in [2.75, 3.05) is 26.9 Å². The largest absolute Gasteiger partial charge is 0.347 e. The molecule has 1 atom stereocenters. The third-order valence-electron chi connectivity index (χ3n) is 5.32. The molecular weight excluding hydrogens is 473 g/mol. The zero-order valence-electron chi connectivity index (χ0n) is 18.0. The highest BCUT2D eigenvalue weighted by Gasteiger charge is 2.28. The standard InChI is InChI=1S/C22H25Cl2N3O4S/c1-27(2)22(29)18(10-13-5-4-6-15(9-13)32(3,30)31)26-21(28)19-17(23)11-14-12-25-8-7-16(14)20(19)24/h4-6,9,11,18,25H,7-8,10,12H2,1-3H3,(H,26,28)/t18-/m0/s1. The summed E-state index contributed by atoms with van der Waals surface area (Å²) in [4.78, 5) is 27.5. The Labute approximate surface area is 198 Å². The number of amides is 2. The summed E-state index contributed by atoms with van der Waals surface area (Å²) in [6.45, 7) is 1.36. The quantitative estimate of drug-likeness (QED) is 0.638. The maximum Gasteiger partial charge on any atom is 0.254 e. The summed E-state index contributed by atoms with van der Waals surface area (Å²) in [5.41, 5.74) is 2.55. The van der Waals surface area contributed by atoms with E-state index in [2.05, 4.69) is 10.6 Å². The number of sulfone groups is 1. The Morgan fingerprint density at radius 2 is 1.94 bits per heavy atom. The Morgan fingerprint density at radius 1 is 1.22 bits per heavy atom. The van der Waals surface area contributed by atoms with E-state index in [1.165, 1.54) is 17.0 Å². The lowest BCUT2D eigenvalue weighted by Crippen LogP contribution is -2.47. The van der Waals surface area contributed by atoms with Crippen LogP contribution < -0.4 is 10.6 Å². The van der Waals surface area contributed by atoms with Crippen molar-refractivity contribution in [2.45, 2.75) is 30.3 Å². The van der Waals surface area contributed by atoms with E-state index in [9.17, 15) is 18.0 Å². The van der Waals surface area contributed by atoms with Gasteiger partial charge in [0.15, 0.2) is 9.84 Å². The fraction of sp³-hybridized carbons (Fsp3) is 0.364. The number of halogens is 2. The first-order valence-corrected chi connectivity index (χ1v) is 12.6. The molecule has 0 bridgehead atoms. The van der Waals surface area contributed by atoms with E-state index in [0.29, 0.717) is 23.6 Å². The SMILES string of the molecule is CN(C)C(=O)[C@H](Cc1cccc(S(C)(=O)=O)c1)NC(=O)c1c(Cl)cc2c(c1Cl)CCNC2. The zero-order chi connectivity index (χ0) is 23.6. The van der Waals surface area contributed by atoms with Gasteiger partial charge in [-0.15, -0.1) is 0 Å². The Morgan fingerprint density at radius 3 is 2.59 bits per heavy atom. The second-order valence-electron chi connectivity index (χ2n) is 7.99. The highest BCUT2D eigenvalue weighted by atomic mass is 35.5. The number of rotatable bonds is 6. The van der Waals surface area contributed by atoms with Crippen molar-refractivity contribution in [3.05, 3.63) is 62.6 Å². The molecule has 2 N–H and O–H groups in total. The summed E-state index contributed by atoms with van der Waals surface area (Å²) in [5.74, 6) is -0.890. The summed E-state index contributed by atoms with van der Waals surface area (Å²) < 4.78 is 23.8. The van der Waals surface area contributed by atoms with E-state index in [1.54, 1.807) is 32.3 Å². The molecule has 0 radical (unpaired) electrons. The zero-order valence-corrected chi connectivity index (χ0v) is 20.4. The topological polar surface area (TPSA) is 95.6 Å². The smallest absolute Gasteiger partial charge is 0.254 e. The van der Waals surface area contributed by atoms with Gasteiger partial charge in [-0.3, -0.25) is 9.59 Å². The maximum atomic E-state index is 13.2. The van der Waals surface area contributed by atoms with Crippen LogP contribution in [-0.2, 0) is 34.0 Å². The molecule has 0 saturated heterocycles. The molecular formula is C22H25Cl2N3O4S. The van der Waals surface area contributed by atoms with Gasteiger partial charge in [-0.1, -0.05) is 35.3 Å². The second-order valence-corrected chi connectivity index (χ2v) is 10.8. The number of hydrogen-bond donors (Lipinski definition) is 2. The van der Waals surface area contributed by atoms with Crippen molar-refractivity contribution in [3.8, 4) is 0 Å². The molecule has 0 unspecified atom stereocenters. The maximum absolute atomic E-state index is 13.2. The van der Waals surface area contributed by atoms with E-state index in [-0.39, 0.29) is 27.8 Å². The highest BCUT2D eigenvalue weighted by Crippen LogP contribution is 2.33. The Bertz CT molecular complexity index is 1170. The fourth-order valence-corrected chi connectivity index (χ4v) is 5.12. The van der Waals surface area contributed by atoms with Gasteiger partial charge in [0.25, 0.3) is 5.91 Å². The molecule has 2 amide bonds. The number of likely N-dealkylation sites (N-methyl/N-ethyl adjacent to an activating group) is 1. The Hall–Kier alpha value is -2.13. The van der Waals surface area contributed by atoms with Gasteiger partial charge in [0.2, 0.25) is 5.91 Å². The van der Waals surface area contributed by atoms with Gasteiger partial charge in [-0.05, 0) is 47.9 Å². The van der Waals surface area contributed by atoms with Crippen LogP contribution in [0.5, 0.6) is 0 Å². The normalized spacial score (nSPS) is 14.4. The number of carbonyl (C=O) groups is 2. The number of nitrogens with one attached hydrogen (secondary N) is 2. The monoisotopic (exact) mass is 497 g/mol. The Kier molecular flexibility index (Phi) is 7.50. The van der Waals surface area contributed by atoms with Crippen LogP contribution in [0.1, 0.15) is 27.0 Å². The van der Waals surface area contributed by atoms with Crippen LogP contribution in [0.25, 0.3) is 0 Å². The second kappa shape index (κ2) is 9.79. The minimum atomic E-state index is -3.41. The minimum absolute atomic E-state index is 0.107. The van der Waals surface area contributed by atoms with Gasteiger partial charge in [-0.2, -0.15) is 0 Å². The molecule has 0 aliphatic carbocycles. The minimum Gasteiger partial charge on any atom is -0.347 e. The average Bonchev–Trinajstić information content (AvgIpc) is 2.72. The lowest BCUT2D eigenvalue weighted by Gasteiger charge is -2.24. The summed E-state index contributed by atoms with van der Waals surface area (Å²) in [6, 6.07) is 7.10. The molecule has 0 fully saturated rings. The van der Waals surface area contributed by atoms with Gasteiger partial charge >= 0.3 is 0 Å². The van der Waals surface area contributed by atoms with Crippen LogP contribution in [0.2, 0.25) is 10.0 Å². The first-order chi connectivity index (χ1) is 15.0. The first kappa shape index (κ1) is 24.5. The van der Waals surface area contributed by atoms with Gasteiger partial charge in [-0.25, -0.2) is 8.42 Å². The highest BCUT2D eigenvalue weighted by molar-refractivity contribution is 7.90. The molecule has 32 heavy (non-hydrogen) atoms. The summed E-state index contributed by atoms with van der Waals surface area (Å²) in [7, 11) is -0.239. The first-order valence-electron chi connectivity index (χ1n) is 10.0. The number of carbonyl (C=O) groups excluding carboxylic acids is 2. The number of fused-ring (bicyclic) bond motifs is 1. The molecule has 2 aromatic carbocycles. The van der Waals surface area contributed by atoms with E-state index in [1.807, 2.05) is 0 Å². The predicted molar refractivity (Wildman–Crippen MR) is 125 cm³/mol. The third kappa shape index (κ3) is 5.43. The van der Waals surface area contributed by atoms with Crippen LogP contribution in [-0.4, -0.2) is 58.1 Å². The molecule has 2 aromatic rings. The number of benzene rings is 2. The van der Waals surface area contributed by atoms with Crippen molar-refractivity contribution in [1.29, 1.82) is 0 Å². The molecule has 10 heteroatoms. The number of nitrogens with zero attached hydrogens (tertiary/aromatic N) is 1. The molecule has 3 rings (SSSR count). The summed E-state index contributed by atoms with van der Waals surface area (Å²) in [5, 5.41) is 6.49. The van der Waals surface area contributed by atoms with E-state index in [4.69, 9.17) is 23.2 Å². The van der Waals surface area contributed by atoms with Crippen LogP contribution in [0.3, 0.4) is 0 Å². The molecule has 1 heterocycles. The van der Waals surface area contributed by atoms with Crippen LogP contribution in [0, 0.1) is 0 Å². The molecule has 1 aliphatic heterocycles. The summed E-state index contributed by atoms with van der Waals surface area (Å²) in [6.07, 6.45) is 1.89. The fourth-order valence-electron chi connectivity index (χ4n) is 3.66. The van der Waals surface area contributed by atoms with Gasteiger partial charge in [0, 0.05) is 33.3 Å². The van der Waals surface area contributed by atoms with Crippen LogP contribution in [0.4, 0.5) is 0 Å². The van der Waals surface area contributed by atoms with Crippen molar-refractivity contribution < 1.29 is 18.0 Å². The van der Waals surface area contributed by atoms with Crippen molar-refractivity contribution in [2.24, 2.45) is 0 Å². The molecule has 0 spiro atoms. The lowest BCUT2D eigenvalue weighted by atomic mass is 9.97. The van der Waals surface area contributed by atoms with Crippen LogP contribution >= 0.6 is 23.2 Å². The third-order valence-corrected chi connectivity index (χ3v) is 7.14. The lowest BCUT2D eigenvalue weighted by molar-refractivity contribution is -0.130. The van der Waals surface area contributed by atoms with Crippen LogP contribution in [0.15, 0.2) is 35.2 Å². The van der Waals surface area contributed by atoms with Gasteiger partial charge in [0.05, 0.1) is 20.5 Å². The molecule has 1 aliphatic rings.